The SMILES string of the molecule is CCCCC/C=C\C/C=C\C/C=C\CCCCCCCCC(=O)NC(COP(=O)(O)OCC[N+](C)(C)C)C(O)/C=C/CC/C=C/CCCCCCCCCCCCCC. The lowest BCUT2D eigenvalue weighted by molar-refractivity contribution is -0.870. The van der Waals surface area contributed by atoms with E-state index in [2.05, 4.69) is 67.8 Å². The smallest absolute Gasteiger partial charge is 0.387 e. The van der Waals surface area contributed by atoms with E-state index >= 15 is 0 Å². The van der Waals surface area contributed by atoms with E-state index in [-0.39, 0.29) is 19.1 Å². The summed E-state index contributed by atoms with van der Waals surface area (Å²) in [6.07, 6.45) is 54.3. The summed E-state index contributed by atoms with van der Waals surface area (Å²) in [6.45, 7) is 4.75. The lowest BCUT2D eigenvalue weighted by Crippen LogP contribution is -2.45. The van der Waals surface area contributed by atoms with Gasteiger partial charge in [-0.05, 0) is 70.6 Å². The fourth-order valence-corrected chi connectivity index (χ4v) is 7.33. The molecule has 0 rings (SSSR count). The first-order chi connectivity index (χ1) is 28.5. The molecule has 0 heterocycles. The number of allylic oxidation sites excluding steroid dienone is 9. The van der Waals surface area contributed by atoms with Gasteiger partial charge in [0.05, 0.1) is 39.9 Å². The number of quaternary nitrogens is 1. The van der Waals surface area contributed by atoms with Crippen LogP contribution in [0.3, 0.4) is 0 Å². The Labute approximate surface area is 364 Å². The number of nitrogens with zero attached hydrogens (tertiary/aromatic N) is 1. The van der Waals surface area contributed by atoms with Crippen LogP contribution in [0.15, 0.2) is 60.8 Å². The van der Waals surface area contributed by atoms with Crippen LogP contribution in [0.4, 0.5) is 0 Å². The number of nitrogens with one attached hydrogen (secondary N) is 1. The van der Waals surface area contributed by atoms with E-state index in [1.165, 1.54) is 116 Å². The van der Waals surface area contributed by atoms with E-state index in [0.29, 0.717) is 17.4 Å². The minimum atomic E-state index is -4.35. The summed E-state index contributed by atoms with van der Waals surface area (Å²) >= 11 is 0. The molecule has 3 N–H and O–H groups in total. The summed E-state index contributed by atoms with van der Waals surface area (Å²) in [7, 11) is 1.54. The van der Waals surface area contributed by atoms with Crippen LogP contribution in [0.2, 0.25) is 0 Å². The second-order valence-electron chi connectivity index (χ2n) is 17.5. The molecular weight excluding hydrogens is 756 g/mol. The molecule has 0 radical (unpaired) electrons. The fraction of sp³-hybridized carbons (Fsp3) is 0.780. The molecular formula is C50H94N2O6P+. The average Bonchev–Trinajstić information content (AvgIpc) is 3.19. The standard InChI is InChI=1S/C50H93N2O6P/c1-6-8-10-12-14-16-18-20-22-24-26-28-30-32-34-36-38-40-42-44-50(54)51-48(47-58-59(55,56)57-46-45-52(3,4)5)49(53)43-41-39-37-35-33-31-29-27-25-23-21-19-17-15-13-11-9-7-2/h14,16,20,22,26,28,33,35,41,43,48-49,53H,6-13,15,17-19,21,23-25,27,29-32,34,36-40,42,44-47H2,1-5H3,(H-,51,54,55,56)/p+1/b16-14-,22-20-,28-26-,35-33+,43-41+. The van der Waals surface area contributed by atoms with E-state index in [1.54, 1.807) is 6.08 Å². The average molecular weight is 850 g/mol. The van der Waals surface area contributed by atoms with Gasteiger partial charge in [-0.3, -0.25) is 13.8 Å². The maximum absolute atomic E-state index is 12.9. The maximum Gasteiger partial charge on any atom is 0.472 e. The van der Waals surface area contributed by atoms with Crippen LogP contribution in [0.5, 0.6) is 0 Å². The molecule has 0 bridgehead atoms. The largest absolute Gasteiger partial charge is 0.472 e. The number of rotatable bonds is 43. The number of carbonyl (C=O) groups excluding carboxylic acids is 1. The first-order valence-electron chi connectivity index (χ1n) is 24.2. The quantitative estimate of drug-likeness (QED) is 0.0244. The molecule has 9 heteroatoms. The van der Waals surface area contributed by atoms with Crippen molar-refractivity contribution < 1.29 is 32.9 Å². The van der Waals surface area contributed by atoms with Gasteiger partial charge >= 0.3 is 7.82 Å². The first-order valence-corrected chi connectivity index (χ1v) is 25.7. The highest BCUT2D eigenvalue weighted by Gasteiger charge is 2.27. The van der Waals surface area contributed by atoms with E-state index in [0.717, 1.165) is 64.2 Å². The predicted molar refractivity (Wildman–Crippen MR) is 254 cm³/mol. The topological polar surface area (TPSA) is 105 Å². The lowest BCUT2D eigenvalue weighted by atomic mass is 10.0. The van der Waals surface area contributed by atoms with Gasteiger partial charge < -0.3 is 19.8 Å². The Kier molecular flexibility index (Phi) is 40.3. The number of phosphoric acid groups is 1. The minimum absolute atomic E-state index is 0.0510. The zero-order chi connectivity index (χ0) is 43.6. The zero-order valence-corrected chi connectivity index (χ0v) is 39.9. The highest BCUT2D eigenvalue weighted by atomic mass is 31.2. The van der Waals surface area contributed by atoms with Crippen molar-refractivity contribution in [2.45, 2.75) is 212 Å². The second kappa shape index (κ2) is 41.5. The molecule has 0 saturated carbocycles. The molecule has 0 aliphatic heterocycles. The van der Waals surface area contributed by atoms with Gasteiger partial charge in [0.2, 0.25) is 5.91 Å². The lowest BCUT2D eigenvalue weighted by Gasteiger charge is -2.25. The summed E-state index contributed by atoms with van der Waals surface area (Å²) in [5, 5.41) is 13.8. The van der Waals surface area contributed by atoms with Gasteiger partial charge in [-0.2, -0.15) is 0 Å². The van der Waals surface area contributed by atoms with Gasteiger partial charge in [-0.25, -0.2) is 4.57 Å². The summed E-state index contributed by atoms with van der Waals surface area (Å²) in [5.41, 5.74) is 0. The molecule has 8 nitrogen and oxygen atoms in total. The van der Waals surface area contributed by atoms with Crippen LogP contribution in [-0.2, 0) is 18.4 Å². The highest BCUT2D eigenvalue weighted by Crippen LogP contribution is 2.43. The number of amides is 1. The summed E-state index contributed by atoms with van der Waals surface area (Å²) in [6, 6.07) is -0.872. The van der Waals surface area contributed by atoms with Gasteiger partial charge in [-0.15, -0.1) is 0 Å². The zero-order valence-electron chi connectivity index (χ0n) is 39.0. The third kappa shape index (κ3) is 44.1. The van der Waals surface area contributed by atoms with E-state index in [4.69, 9.17) is 9.05 Å². The van der Waals surface area contributed by atoms with Crippen LogP contribution >= 0.6 is 7.82 Å². The molecule has 0 aliphatic rings. The third-order valence-electron chi connectivity index (χ3n) is 10.5. The molecule has 0 saturated heterocycles. The molecule has 344 valence electrons. The van der Waals surface area contributed by atoms with Crippen molar-refractivity contribution in [1.82, 2.24) is 5.32 Å². The van der Waals surface area contributed by atoms with Crippen LogP contribution in [0.1, 0.15) is 200 Å². The molecule has 3 atom stereocenters. The molecule has 0 aromatic heterocycles. The first kappa shape index (κ1) is 57.2. The minimum Gasteiger partial charge on any atom is -0.387 e. The van der Waals surface area contributed by atoms with Crippen molar-refractivity contribution in [3.63, 3.8) is 0 Å². The number of aliphatic hydroxyl groups excluding tert-OH is 1. The number of hydrogen-bond donors (Lipinski definition) is 3. The van der Waals surface area contributed by atoms with E-state index in [9.17, 15) is 19.4 Å². The predicted octanol–water partition coefficient (Wildman–Crippen LogP) is 13.8. The van der Waals surface area contributed by atoms with Crippen molar-refractivity contribution in [3.8, 4) is 0 Å². The molecule has 3 unspecified atom stereocenters. The summed E-state index contributed by atoms with van der Waals surface area (Å²) in [5.74, 6) is -0.201. The Morgan fingerprint density at radius 1 is 0.576 bits per heavy atom. The molecule has 0 aliphatic carbocycles. The Hall–Kier alpha value is -1.80. The van der Waals surface area contributed by atoms with Crippen LogP contribution in [0.25, 0.3) is 0 Å². The Bertz CT molecular complexity index is 1140. The second-order valence-corrected chi connectivity index (χ2v) is 18.9. The summed E-state index contributed by atoms with van der Waals surface area (Å²) < 4.78 is 23.6. The normalized spacial score (nSPS) is 14.8. The third-order valence-corrected chi connectivity index (χ3v) is 11.4. The molecule has 0 spiro atoms. The molecule has 1 amide bonds. The monoisotopic (exact) mass is 850 g/mol. The van der Waals surface area contributed by atoms with Gasteiger partial charge in [0, 0.05) is 6.42 Å². The Morgan fingerprint density at radius 2 is 0.983 bits per heavy atom. The van der Waals surface area contributed by atoms with E-state index in [1.807, 2.05) is 27.2 Å². The molecule has 0 fully saturated rings. The molecule has 0 aromatic rings. The van der Waals surface area contributed by atoms with Crippen molar-refractivity contribution in [2.24, 2.45) is 0 Å². The van der Waals surface area contributed by atoms with Crippen LogP contribution < -0.4 is 5.32 Å². The number of aliphatic hydroxyl groups is 1. The Morgan fingerprint density at radius 3 is 1.51 bits per heavy atom. The Balaban J connectivity index is 4.45. The molecule has 0 aromatic carbocycles. The summed E-state index contributed by atoms with van der Waals surface area (Å²) in [4.78, 5) is 23.2. The van der Waals surface area contributed by atoms with Gasteiger partial charge in [0.15, 0.2) is 0 Å². The number of phosphoric ester groups is 1. The number of likely N-dealkylation sites (N-methyl/N-ethyl adjacent to an activating group) is 1. The van der Waals surface area contributed by atoms with Crippen molar-refractivity contribution in [1.29, 1.82) is 0 Å². The van der Waals surface area contributed by atoms with Gasteiger partial charge in [0.25, 0.3) is 0 Å². The van der Waals surface area contributed by atoms with Crippen LogP contribution in [-0.4, -0.2) is 73.4 Å². The van der Waals surface area contributed by atoms with Crippen molar-refractivity contribution >= 4 is 13.7 Å². The molecule has 59 heavy (non-hydrogen) atoms. The maximum atomic E-state index is 12.9. The number of hydrogen-bond acceptors (Lipinski definition) is 5. The van der Waals surface area contributed by atoms with Gasteiger partial charge in [-0.1, -0.05) is 184 Å². The van der Waals surface area contributed by atoms with Crippen molar-refractivity contribution in [2.75, 3.05) is 40.9 Å². The highest BCUT2D eigenvalue weighted by molar-refractivity contribution is 7.47. The van der Waals surface area contributed by atoms with Crippen molar-refractivity contribution in [3.05, 3.63) is 60.8 Å². The van der Waals surface area contributed by atoms with Gasteiger partial charge in [0.1, 0.15) is 13.2 Å². The van der Waals surface area contributed by atoms with Crippen LogP contribution in [0, 0.1) is 0 Å². The number of carbonyl (C=O) groups is 1. The number of unbranched alkanes of at least 4 members (excludes halogenated alkanes) is 22. The fourth-order valence-electron chi connectivity index (χ4n) is 6.59. The van der Waals surface area contributed by atoms with E-state index < -0.39 is 20.0 Å².